The lowest BCUT2D eigenvalue weighted by Gasteiger charge is -2.05. The van der Waals surface area contributed by atoms with E-state index in [1.165, 1.54) is 20.8 Å². The van der Waals surface area contributed by atoms with Gasteiger partial charge in [0.15, 0.2) is 0 Å². The van der Waals surface area contributed by atoms with E-state index in [-0.39, 0.29) is 0 Å². The third-order valence-corrected chi connectivity index (χ3v) is 3.48. The lowest BCUT2D eigenvalue weighted by atomic mass is 10.3. The summed E-state index contributed by atoms with van der Waals surface area (Å²) in [5.74, 6) is 0. The highest BCUT2D eigenvalue weighted by molar-refractivity contribution is 7.18. The molecule has 0 amide bonds. The van der Waals surface area contributed by atoms with Gasteiger partial charge in [-0.05, 0) is 26.0 Å². The maximum atomic E-state index is 5.18. The quantitative estimate of drug-likeness (QED) is 0.757. The summed E-state index contributed by atoms with van der Waals surface area (Å²) in [5, 5.41) is 1.35. The second-order valence-corrected chi connectivity index (χ2v) is 4.67. The highest BCUT2D eigenvalue weighted by Crippen LogP contribution is 2.28. The van der Waals surface area contributed by atoms with E-state index in [4.69, 9.17) is 4.74 Å². The first-order valence-electron chi connectivity index (χ1n) is 4.83. The Labute approximate surface area is 88.1 Å². The Hall–Kier alpha value is -0.800. The van der Waals surface area contributed by atoms with Crippen molar-refractivity contribution in [3.63, 3.8) is 0 Å². The minimum absolute atomic E-state index is 0.703. The largest absolute Gasteiger partial charge is 0.378 e. The maximum Gasteiger partial charge on any atom is 0.103 e. The van der Waals surface area contributed by atoms with Crippen LogP contribution in [0.15, 0.2) is 12.1 Å². The predicted molar refractivity (Wildman–Crippen MR) is 60.9 cm³/mol. The number of methoxy groups -OCH3 is 1. The van der Waals surface area contributed by atoms with E-state index in [9.17, 15) is 0 Å². The molecule has 2 aromatic heterocycles. The van der Waals surface area contributed by atoms with Gasteiger partial charge in [0.05, 0.1) is 6.61 Å². The first kappa shape index (κ1) is 9.74. The van der Waals surface area contributed by atoms with Crippen LogP contribution in [0.5, 0.6) is 0 Å². The summed E-state index contributed by atoms with van der Waals surface area (Å²) in [7, 11) is 1.74. The van der Waals surface area contributed by atoms with Crippen LogP contribution in [0, 0.1) is 6.92 Å². The molecule has 0 bridgehead atoms. The van der Waals surface area contributed by atoms with E-state index in [0.717, 1.165) is 6.54 Å². The van der Waals surface area contributed by atoms with E-state index in [0.29, 0.717) is 6.61 Å². The van der Waals surface area contributed by atoms with Crippen LogP contribution in [0.2, 0.25) is 0 Å². The van der Waals surface area contributed by atoms with E-state index >= 15 is 0 Å². The second-order valence-electron chi connectivity index (χ2n) is 3.43. The molecule has 0 spiro atoms. The average Bonchev–Trinajstić information content (AvgIpc) is 2.61. The summed E-state index contributed by atoms with van der Waals surface area (Å²) in [6.45, 7) is 6.05. The number of aromatic nitrogens is 1. The normalized spacial score (nSPS) is 11.4. The van der Waals surface area contributed by atoms with Crippen LogP contribution in [-0.2, 0) is 17.9 Å². The van der Waals surface area contributed by atoms with Gasteiger partial charge < -0.3 is 9.30 Å². The Morgan fingerprint density at radius 3 is 2.86 bits per heavy atom. The van der Waals surface area contributed by atoms with Crippen LogP contribution in [0.4, 0.5) is 0 Å². The van der Waals surface area contributed by atoms with Gasteiger partial charge in [0.2, 0.25) is 0 Å². The van der Waals surface area contributed by atoms with Crippen LogP contribution in [0.25, 0.3) is 10.2 Å². The monoisotopic (exact) mass is 209 g/mol. The zero-order chi connectivity index (χ0) is 10.1. The van der Waals surface area contributed by atoms with Crippen molar-refractivity contribution in [2.75, 3.05) is 7.11 Å². The fourth-order valence-corrected chi connectivity index (χ4v) is 2.92. The van der Waals surface area contributed by atoms with Crippen LogP contribution in [0.3, 0.4) is 0 Å². The van der Waals surface area contributed by atoms with E-state index < -0.39 is 0 Å². The first-order valence-corrected chi connectivity index (χ1v) is 5.65. The number of fused-ring (bicyclic) bond motifs is 1. The molecule has 0 atom stereocenters. The summed E-state index contributed by atoms with van der Waals surface area (Å²) in [4.78, 5) is 2.75. The SMILES string of the molecule is CCn1c(COC)cc2cc(C)sc21. The van der Waals surface area contributed by atoms with Crippen molar-refractivity contribution in [3.8, 4) is 0 Å². The zero-order valence-electron chi connectivity index (χ0n) is 8.83. The standard InChI is InChI=1S/C11H15NOS/c1-4-12-10(7-13-3)6-9-5-8(2)14-11(9)12/h5-6H,4,7H2,1-3H3. The molecular weight excluding hydrogens is 194 g/mol. The Bertz CT molecular complexity index is 441. The third-order valence-electron chi connectivity index (χ3n) is 2.39. The Morgan fingerprint density at radius 1 is 1.43 bits per heavy atom. The summed E-state index contributed by atoms with van der Waals surface area (Å²) in [6, 6.07) is 4.47. The summed E-state index contributed by atoms with van der Waals surface area (Å²) < 4.78 is 7.51. The molecule has 14 heavy (non-hydrogen) atoms. The van der Waals surface area contributed by atoms with Crippen molar-refractivity contribution < 1.29 is 4.74 Å². The number of nitrogens with zero attached hydrogens (tertiary/aromatic N) is 1. The van der Waals surface area contributed by atoms with Gasteiger partial charge in [0, 0.05) is 29.6 Å². The lowest BCUT2D eigenvalue weighted by Crippen LogP contribution is -2.00. The second kappa shape index (κ2) is 3.75. The fourth-order valence-electron chi connectivity index (χ4n) is 1.84. The number of ether oxygens (including phenoxy) is 1. The van der Waals surface area contributed by atoms with Crippen molar-refractivity contribution in [2.24, 2.45) is 0 Å². The van der Waals surface area contributed by atoms with Gasteiger partial charge >= 0.3 is 0 Å². The molecule has 0 aliphatic rings. The first-order chi connectivity index (χ1) is 6.76. The molecule has 2 nitrogen and oxygen atoms in total. The molecule has 0 aromatic carbocycles. The summed E-state index contributed by atoms with van der Waals surface area (Å²) >= 11 is 1.86. The molecule has 76 valence electrons. The van der Waals surface area contributed by atoms with Crippen LogP contribution >= 0.6 is 11.3 Å². The molecule has 0 saturated heterocycles. The molecule has 0 radical (unpaired) electrons. The lowest BCUT2D eigenvalue weighted by molar-refractivity contribution is 0.178. The molecule has 2 heterocycles. The van der Waals surface area contributed by atoms with Crippen LogP contribution < -0.4 is 0 Å². The third kappa shape index (κ3) is 1.47. The molecule has 0 N–H and O–H groups in total. The van der Waals surface area contributed by atoms with Gasteiger partial charge in [-0.1, -0.05) is 0 Å². The summed E-state index contributed by atoms with van der Waals surface area (Å²) in [5.41, 5.74) is 1.27. The van der Waals surface area contributed by atoms with Gasteiger partial charge in [-0.25, -0.2) is 0 Å². The van der Waals surface area contributed by atoms with Gasteiger partial charge in [-0.2, -0.15) is 0 Å². The van der Waals surface area contributed by atoms with E-state index in [1.807, 2.05) is 11.3 Å². The van der Waals surface area contributed by atoms with Gasteiger partial charge in [-0.3, -0.25) is 0 Å². The maximum absolute atomic E-state index is 5.18. The average molecular weight is 209 g/mol. The van der Waals surface area contributed by atoms with E-state index in [2.05, 4.69) is 30.5 Å². The molecule has 0 saturated carbocycles. The Kier molecular flexibility index (Phi) is 2.61. The highest BCUT2D eigenvalue weighted by atomic mass is 32.1. The van der Waals surface area contributed by atoms with Crippen molar-refractivity contribution in [3.05, 3.63) is 22.7 Å². The zero-order valence-corrected chi connectivity index (χ0v) is 9.65. The molecule has 2 aromatic rings. The molecule has 2 rings (SSSR count). The smallest absolute Gasteiger partial charge is 0.103 e. The topological polar surface area (TPSA) is 14.2 Å². The highest BCUT2D eigenvalue weighted by Gasteiger charge is 2.09. The summed E-state index contributed by atoms with van der Waals surface area (Å²) in [6.07, 6.45) is 0. The van der Waals surface area contributed by atoms with Gasteiger partial charge in [0.25, 0.3) is 0 Å². The van der Waals surface area contributed by atoms with Crippen LogP contribution in [-0.4, -0.2) is 11.7 Å². The molecule has 0 fully saturated rings. The molecular formula is C11H15NOS. The van der Waals surface area contributed by atoms with Crippen molar-refractivity contribution in [1.82, 2.24) is 4.57 Å². The van der Waals surface area contributed by atoms with Crippen molar-refractivity contribution in [1.29, 1.82) is 0 Å². The number of hydrogen-bond donors (Lipinski definition) is 0. The van der Waals surface area contributed by atoms with Crippen molar-refractivity contribution in [2.45, 2.75) is 27.0 Å². The molecule has 0 aliphatic heterocycles. The number of thiophene rings is 1. The molecule has 0 aliphatic carbocycles. The number of rotatable bonds is 3. The number of aryl methyl sites for hydroxylation is 2. The van der Waals surface area contributed by atoms with Gasteiger partial charge in [-0.15, -0.1) is 11.3 Å². The molecule has 3 heteroatoms. The minimum Gasteiger partial charge on any atom is -0.378 e. The van der Waals surface area contributed by atoms with Crippen LogP contribution in [0.1, 0.15) is 17.5 Å². The minimum atomic E-state index is 0.703. The fraction of sp³-hybridized carbons (Fsp3) is 0.455. The number of hydrogen-bond acceptors (Lipinski definition) is 2. The Morgan fingerprint density at radius 2 is 2.21 bits per heavy atom. The van der Waals surface area contributed by atoms with Gasteiger partial charge in [0.1, 0.15) is 4.83 Å². The Balaban J connectivity index is 2.56. The molecule has 0 unspecified atom stereocenters. The van der Waals surface area contributed by atoms with E-state index in [1.54, 1.807) is 7.11 Å². The van der Waals surface area contributed by atoms with Crippen molar-refractivity contribution >= 4 is 21.6 Å². The predicted octanol–water partition coefficient (Wildman–Crippen LogP) is 3.18.